The molecule has 0 radical (unpaired) electrons. The number of hydrogen-bond acceptors (Lipinski definition) is 5. The number of nitrogens with zero attached hydrogens (tertiary/aromatic N) is 2. The lowest BCUT2D eigenvalue weighted by molar-refractivity contribution is 0.0698. The molecule has 34 heavy (non-hydrogen) atoms. The average Bonchev–Trinajstić information content (AvgIpc) is 3.24. The van der Waals surface area contributed by atoms with E-state index >= 15 is 0 Å². The second kappa shape index (κ2) is 8.48. The molecule has 0 spiro atoms. The third kappa shape index (κ3) is 3.72. The monoisotopic (exact) mass is 450 g/mol. The molecule has 0 fully saturated rings. The Kier molecular flexibility index (Phi) is 5.20. The van der Waals surface area contributed by atoms with Gasteiger partial charge >= 0.3 is 5.97 Å². The molecule has 1 aliphatic rings. The van der Waals surface area contributed by atoms with Crippen molar-refractivity contribution >= 4 is 34.2 Å². The van der Waals surface area contributed by atoms with Crippen LogP contribution in [0.5, 0.6) is 5.75 Å². The van der Waals surface area contributed by atoms with E-state index in [-0.39, 0.29) is 16.8 Å². The molecule has 0 atom stereocenters. The number of allylic oxidation sites excluding steroid dienone is 1. The summed E-state index contributed by atoms with van der Waals surface area (Å²) in [5, 5.41) is 22.1. The third-order valence-corrected chi connectivity index (χ3v) is 5.57. The number of aromatic nitrogens is 1. The molecule has 4 aromatic rings. The Morgan fingerprint density at radius 3 is 2.62 bits per heavy atom. The summed E-state index contributed by atoms with van der Waals surface area (Å²) < 4.78 is 1.87. The number of hydrogen-bond donors (Lipinski definition) is 3. The summed E-state index contributed by atoms with van der Waals surface area (Å²) in [6, 6.07) is 22.9. The number of carboxylic acid groups (broad SMARTS) is 1. The second-order valence-electron chi connectivity index (χ2n) is 7.65. The van der Waals surface area contributed by atoms with Crippen molar-refractivity contribution < 1.29 is 19.5 Å². The zero-order chi connectivity index (χ0) is 23.7. The van der Waals surface area contributed by atoms with Gasteiger partial charge in [0.15, 0.2) is 5.75 Å². The molecule has 8 nitrogen and oxygen atoms in total. The Balaban J connectivity index is 1.45. The second-order valence-corrected chi connectivity index (χ2v) is 7.65. The summed E-state index contributed by atoms with van der Waals surface area (Å²) in [7, 11) is 0. The minimum Gasteiger partial charge on any atom is -0.478 e. The first-order valence-corrected chi connectivity index (χ1v) is 10.4. The molecular weight excluding hydrogens is 432 g/mol. The van der Waals surface area contributed by atoms with E-state index in [1.54, 1.807) is 6.07 Å². The number of anilines is 1. The molecule has 0 aliphatic carbocycles. The molecule has 3 aromatic carbocycles. The van der Waals surface area contributed by atoms with Crippen LogP contribution in [0, 0.1) is 11.3 Å². The molecule has 1 amide bonds. The number of nitrogens with one attached hydrogen (secondary N) is 2. The standard InChI is InChI=1S/C26H18N4O4/c27-15-16-9-10-21(20(13-16)26(32)33)28-25(31)23-14-17-5-4-8-19-22(11-12-30(23)24(17)19)29-34-18-6-2-1-3-7-18/h1-11,13-14,29H,12H2,(H,28,31)(H,32,33). The Bertz CT molecular complexity index is 1510. The van der Waals surface area contributed by atoms with Crippen molar-refractivity contribution in [2.75, 3.05) is 5.32 Å². The van der Waals surface area contributed by atoms with E-state index in [0.29, 0.717) is 18.0 Å². The summed E-state index contributed by atoms with van der Waals surface area (Å²) >= 11 is 0. The molecule has 1 aromatic heterocycles. The molecule has 3 N–H and O–H groups in total. The van der Waals surface area contributed by atoms with Crippen LogP contribution in [0.3, 0.4) is 0 Å². The van der Waals surface area contributed by atoms with Crippen LogP contribution in [0.25, 0.3) is 16.6 Å². The van der Waals surface area contributed by atoms with Crippen molar-refractivity contribution in [1.82, 2.24) is 10.0 Å². The van der Waals surface area contributed by atoms with Gasteiger partial charge in [0.1, 0.15) is 5.69 Å². The number of aromatic carboxylic acids is 1. The number of carbonyl (C=O) groups excluding carboxylic acids is 1. The van der Waals surface area contributed by atoms with Gasteiger partial charge in [-0.15, -0.1) is 0 Å². The van der Waals surface area contributed by atoms with Crippen LogP contribution in [0.1, 0.15) is 32.0 Å². The minimum atomic E-state index is -1.23. The topological polar surface area (TPSA) is 116 Å². The van der Waals surface area contributed by atoms with Gasteiger partial charge in [0.05, 0.1) is 34.1 Å². The molecule has 0 unspecified atom stereocenters. The van der Waals surface area contributed by atoms with Crippen LogP contribution in [-0.2, 0) is 6.54 Å². The summed E-state index contributed by atoms with van der Waals surface area (Å²) in [4.78, 5) is 30.5. The van der Waals surface area contributed by atoms with Gasteiger partial charge in [0, 0.05) is 17.5 Å². The fourth-order valence-electron chi connectivity index (χ4n) is 4.00. The maximum atomic E-state index is 13.2. The van der Waals surface area contributed by atoms with Crippen molar-refractivity contribution in [3.8, 4) is 11.8 Å². The fourth-order valence-corrected chi connectivity index (χ4v) is 4.00. The van der Waals surface area contributed by atoms with E-state index < -0.39 is 11.9 Å². The number of carbonyl (C=O) groups is 2. The highest BCUT2D eigenvalue weighted by Gasteiger charge is 2.23. The largest absolute Gasteiger partial charge is 0.478 e. The van der Waals surface area contributed by atoms with Crippen molar-refractivity contribution in [3.05, 3.63) is 101 Å². The lowest BCUT2D eigenvalue weighted by Crippen LogP contribution is -2.23. The first-order valence-electron chi connectivity index (χ1n) is 10.4. The highest BCUT2D eigenvalue weighted by Crippen LogP contribution is 2.32. The molecule has 166 valence electrons. The number of amides is 1. The minimum absolute atomic E-state index is 0.125. The zero-order valence-corrected chi connectivity index (χ0v) is 17.8. The Morgan fingerprint density at radius 2 is 1.85 bits per heavy atom. The quantitative estimate of drug-likeness (QED) is 0.375. The van der Waals surface area contributed by atoms with Gasteiger partial charge < -0.3 is 19.8 Å². The summed E-state index contributed by atoms with van der Waals surface area (Å²) in [5.41, 5.74) is 6.10. The zero-order valence-electron chi connectivity index (χ0n) is 17.8. The first kappa shape index (κ1) is 20.8. The highest BCUT2D eigenvalue weighted by atomic mass is 16.6. The van der Waals surface area contributed by atoms with Gasteiger partial charge in [0.2, 0.25) is 0 Å². The van der Waals surface area contributed by atoms with Gasteiger partial charge in [-0.3, -0.25) is 4.79 Å². The van der Waals surface area contributed by atoms with E-state index in [1.165, 1.54) is 18.2 Å². The van der Waals surface area contributed by atoms with E-state index in [4.69, 9.17) is 10.1 Å². The first-order chi connectivity index (χ1) is 16.5. The van der Waals surface area contributed by atoms with Gasteiger partial charge in [-0.25, -0.2) is 10.3 Å². The van der Waals surface area contributed by atoms with Gasteiger partial charge in [-0.05, 0) is 42.5 Å². The summed E-state index contributed by atoms with van der Waals surface area (Å²) in [6.07, 6.45) is 1.92. The molecule has 0 saturated carbocycles. The molecule has 1 aliphatic heterocycles. The Labute approximate surface area is 194 Å². The van der Waals surface area contributed by atoms with Crippen molar-refractivity contribution in [2.24, 2.45) is 0 Å². The molecule has 0 bridgehead atoms. The maximum absolute atomic E-state index is 13.2. The molecule has 0 saturated heterocycles. The smallest absolute Gasteiger partial charge is 0.337 e. The molecule has 8 heteroatoms. The maximum Gasteiger partial charge on any atom is 0.337 e. The molecule has 5 rings (SSSR count). The predicted molar refractivity (Wildman–Crippen MR) is 126 cm³/mol. The van der Waals surface area contributed by atoms with Crippen LogP contribution >= 0.6 is 0 Å². The summed E-state index contributed by atoms with van der Waals surface area (Å²) in [6.45, 7) is 0.420. The number of para-hydroxylation sites is 2. The van der Waals surface area contributed by atoms with Crippen LogP contribution in [0.4, 0.5) is 5.69 Å². The van der Waals surface area contributed by atoms with Crippen molar-refractivity contribution in [1.29, 1.82) is 5.26 Å². The SMILES string of the molecule is N#Cc1ccc(NC(=O)c2cc3cccc4c3n2CC=C4NOc2ccccc2)c(C(=O)O)c1. The molecule has 2 heterocycles. The van der Waals surface area contributed by atoms with Gasteiger partial charge in [0.25, 0.3) is 5.91 Å². The normalized spacial score (nSPS) is 11.9. The number of rotatable bonds is 6. The van der Waals surface area contributed by atoms with E-state index in [0.717, 1.165) is 22.2 Å². The van der Waals surface area contributed by atoms with E-state index in [1.807, 2.05) is 65.2 Å². The average molecular weight is 450 g/mol. The summed E-state index contributed by atoms with van der Waals surface area (Å²) in [5.74, 6) is -0.999. The number of carboxylic acids is 1. The van der Waals surface area contributed by atoms with Crippen molar-refractivity contribution in [3.63, 3.8) is 0 Å². The van der Waals surface area contributed by atoms with Crippen LogP contribution in [0.15, 0.2) is 78.9 Å². The fraction of sp³-hybridized carbons (Fsp3) is 0.0385. The van der Waals surface area contributed by atoms with Gasteiger partial charge in [-0.2, -0.15) is 5.26 Å². The number of hydroxylamine groups is 1. The van der Waals surface area contributed by atoms with E-state index in [9.17, 15) is 14.7 Å². The Morgan fingerprint density at radius 1 is 1.03 bits per heavy atom. The lowest BCUT2D eigenvalue weighted by atomic mass is 10.1. The Hall–Kier alpha value is -5.03. The highest BCUT2D eigenvalue weighted by molar-refractivity contribution is 6.10. The van der Waals surface area contributed by atoms with Crippen LogP contribution in [-0.4, -0.2) is 21.6 Å². The lowest BCUT2D eigenvalue weighted by Gasteiger charge is -2.20. The number of nitriles is 1. The third-order valence-electron chi connectivity index (χ3n) is 5.57. The predicted octanol–water partition coefficient (Wildman–Crippen LogP) is 4.40. The van der Waals surface area contributed by atoms with Crippen molar-refractivity contribution in [2.45, 2.75) is 6.54 Å². The van der Waals surface area contributed by atoms with Crippen LogP contribution < -0.4 is 15.6 Å². The number of benzene rings is 3. The van der Waals surface area contributed by atoms with Gasteiger partial charge in [-0.1, -0.05) is 36.4 Å². The van der Waals surface area contributed by atoms with Crippen LogP contribution in [0.2, 0.25) is 0 Å². The molecular formula is C26H18N4O4. The van der Waals surface area contributed by atoms with E-state index in [2.05, 4.69) is 10.8 Å².